The van der Waals surface area contributed by atoms with Gasteiger partial charge in [-0.3, -0.25) is 9.69 Å². The highest BCUT2D eigenvalue weighted by Gasteiger charge is 2.22. The normalized spacial score (nSPS) is 18.9. The van der Waals surface area contributed by atoms with Gasteiger partial charge >= 0.3 is 0 Å². The summed E-state index contributed by atoms with van der Waals surface area (Å²) in [5, 5.41) is 6.79. The number of fused-ring (bicyclic) bond motifs is 1. The van der Waals surface area contributed by atoms with Gasteiger partial charge in [0.1, 0.15) is 0 Å². The number of nitrogens with zero attached hydrogens (tertiary/aromatic N) is 2. The molecular weight excluding hydrogens is 424 g/mol. The SMILES string of the molecule is C=C1CCN([C@H](C)c2ccc3c(c2)NCS3)CC/C1=C/C(=C)c1cnc(NC(C)=O)s1. The Morgan fingerprint density at radius 3 is 2.97 bits per heavy atom. The van der Waals surface area contributed by atoms with E-state index in [-0.39, 0.29) is 5.91 Å². The minimum absolute atomic E-state index is 0.117. The second-order valence-electron chi connectivity index (χ2n) is 7.94. The molecule has 2 aliphatic heterocycles. The Morgan fingerprint density at radius 2 is 2.16 bits per heavy atom. The summed E-state index contributed by atoms with van der Waals surface area (Å²) < 4.78 is 0. The molecule has 1 saturated heterocycles. The molecule has 0 radical (unpaired) electrons. The third-order valence-electron chi connectivity index (χ3n) is 5.80. The number of nitrogens with one attached hydrogen (secondary N) is 2. The van der Waals surface area contributed by atoms with Crippen LogP contribution in [-0.4, -0.2) is 34.8 Å². The fraction of sp³-hybridized carbons (Fsp3) is 0.333. The molecule has 0 saturated carbocycles. The van der Waals surface area contributed by atoms with E-state index in [9.17, 15) is 4.79 Å². The average Bonchev–Trinajstić information content (AvgIpc) is 3.36. The molecule has 0 spiro atoms. The average molecular weight is 453 g/mol. The molecule has 5 nitrogen and oxygen atoms in total. The van der Waals surface area contributed by atoms with E-state index >= 15 is 0 Å². The van der Waals surface area contributed by atoms with E-state index in [0.717, 1.165) is 42.3 Å². The van der Waals surface area contributed by atoms with Gasteiger partial charge in [0.2, 0.25) is 5.91 Å². The van der Waals surface area contributed by atoms with Gasteiger partial charge in [0.25, 0.3) is 0 Å². The van der Waals surface area contributed by atoms with Crippen LogP contribution in [0.2, 0.25) is 0 Å². The molecule has 31 heavy (non-hydrogen) atoms. The van der Waals surface area contributed by atoms with Crippen LogP contribution in [0.15, 0.2) is 59.7 Å². The predicted octanol–water partition coefficient (Wildman–Crippen LogP) is 5.93. The molecule has 2 aliphatic rings. The van der Waals surface area contributed by atoms with Crippen molar-refractivity contribution < 1.29 is 4.79 Å². The second-order valence-corrected chi connectivity index (χ2v) is 9.99. The van der Waals surface area contributed by atoms with Crippen molar-refractivity contribution in [3.8, 4) is 0 Å². The Kier molecular flexibility index (Phi) is 6.65. The lowest BCUT2D eigenvalue weighted by Crippen LogP contribution is -2.28. The fourth-order valence-electron chi connectivity index (χ4n) is 3.94. The molecule has 4 rings (SSSR count). The van der Waals surface area contributed by atoms with Gasteiger partial charge in [0.15, 0.2) is 5.13 Å². The van der Waals surface area contributed by atoms with E-state index in [1.165, 1.54) is 45.6 Å². The van der Waals surface area contributed by atoms with Gasteiger partial charge in [-0.1, -0.05) is 42.2 Å². The molecule has 162 valence electrons. The number of thioether (sulfide) groups is 1. The highest BCUT2D eigenvalue weighted by atomic mass is 32.2. The number of hydrogen-bond acceptors (Lipinski definition) is 6. The topological polar surface area (TPSA) is 57.3 Å². The number of aromatic nitrogens is 1. The number of carbonyl (C=O) groups excluding carboxylic acids is 1. The summed E-state index contributed by atoms with van der Waals surface area (Å²) in [7, 11) is 0. The first-order valence-electron chi connectivity index (χ1n) is 10.5. The van der Waals surface area contributed by atoms with E-state index in [2.05, 4.69) is 64.9 Å². The Hall–Kier alpha value is -2.35. The minimum Gasteiger partial charge on any atom is -0.375 e. The van der Waals surface area contributed by atoms with Crippen LogP contribution in [0.1, 0.15) is 43.2 Å². The number of thiazole rings is 1. The van der Waals surface area contributed by atoms with Crippen molar-refractivity contribution in [2.45, 2.75) is 37.6 Å². The molecular formula is C24H28N4OS2. The summed E-state index contributed by atoms with van der Waals surface area (Å²) in [5.41, 5.74) is 5.95. The lowest BCUT2D eigenvalue weighted by molar-refractivity contribution is -0.114. The molecule has 1 aromatic heterocycles. The van der Waals surface area contributed by atoms with Crippen LogP contribution in [0.4, 0.5) is 10.8 Å². The summed E-state index contributed by atoms with van der Waals surface area (Å²) in [6.45, 7) is 14.3. The maximum Gasteiger partial charge on any atom is 0.223 e. The first-order valence-corrected chi connectivity index (χ1v) is 12.3. The Labute approximate surface area is 192 Å². The van der Waals surface area contributed by atoms with Gasteiger partial charge in [-0.2, -0.15) is 0 Å². The van der Waals surface area contributed by atoms with E-state index in [4.69, 9.17) is 0 Å². The van der Waals surface area contributed by atoms with Gasteiger partial charge in [-0.05, 0) is 48.6 Å². The number of amides is 1. The third kappa shape index (κ3) is 5.11. The van der Waals surface area contributed by atoms with Gasteiger partial charge in [0.05, 0.1) is 10.8 Å². The van der Waals surface area contributed by atoms with E-state index in [1.807, 2.05) is 11.8 Å². The second kappa shape index (κ2) is 9.42. The maximum atomic E-state index is 11.2. The molecule has 2 aromatic rings. The minimum atomic E-state index is -0.117. The van der Waals surface area contributed by atoms with E-state index in [1.54, 1.807) is 6.20 Å². The number of allylic oxidation sites excluding steroid dienone is 2. The van der Waals surface area contributed by atoms with Crippen LogP contribution in [-0.2, 0) is 4.79 Å². The Morgan fingerprint density at radius 1 is 1.35 bits per heavy atom. The number of carbonyl (C=O) groups is 1. The van der Waals surface area contributed by atoms with Crippen molar-refractivity contribution in [1.82, 2.24) is 9.88 Å². The zero-order valence-corrected chi connectivity index (χ0v) is 19.7. The van der Waals surface area contributed by atoms with Crippen LogP contribution >= 0.6 is 23.1 Å². The lowest BCUT2D eigenvalue weighted by atomic mass is 10.0. The van der Waals surface area contributed by atoms with Crippen molar-refractivity contribution in [2.75, 3.05) is 29.6 Å². The fourth-order valence-corrected chi connectivity index (χ4v) is 5.58. The molecule has 1 atom stereocenters. The molecule has 1 amide bonds. The van der Waals surface area contributed by atoms with E-state index in [0.29, 0.717) is 11.2 Å². The number of benzene rings is 1. The van der Waals surface area contributed by atoms with Gasteiger partial charge < -0.3 is 10.6 Å². The van der Waals surface area contributed by atoms with Crippen LogP contribution in [0.3, 0.4) is 0 Å². The highest BCUT2D eigenvalue weighted by Crippen LogP contribution is 2.37. The van der Waals surface area contributed by atoms with Crippen molar-refractivity contribution in [2.24, 2.45) is 0 Å². The number of rotatable bonds is 5. The Bertz CT molecular complexity index is 1060. The summed E-state index contributed by atoms with van der Waals surface area (Å²) in [6, 6.07) is 7.16. The summed E-state index contributed by atoms with van der Waals surface area (Å²) in [4.78, 5) is 20.3. The number of likely N-dealkylation sites (tertiary alicyclic amines) is 1. The first-order chi connectivity index (χ1) is 14.9. The smallest absolute Gasteiger partial charge is 0.223 e. The van der Waals surface area contributed by atoms with Crippen LogP contribution in [0.25, 0.3) is 5.57 Å². The zero-order valence-electron chi connectivity index (χ0n) is 18.0. The van der Waals surface area contributed by atoms with Gasteiger partial charge in [-0.15, -0.1) is 11.8 Å². The highest BCUT2D eigenvalue weighted by molar-refractivity contribution is 7.99. The largest absolute Gasteiger partial charge is 0.375 e. The number of hydrogen-bond donors (Lipinski definition) is 2. The van der Waals surface area contributed by atoms with Crippen LogP contribution in [0, 0.1) is 0 Å². The summed E-state index contributed by atoms with van der Waals surface area (Å²) >= 11 is 3.30. The standard InChI is InChI=1S/C24H28N4OS2/c1-15-7-9-28(17(3)20-5-6-22-21(12-20)26-14-30-22)10-8-19(15)11-16(2)23-13-25-24(31-23)27-18(4)29/h5-6,11-13,17,26H,1-2,7-10,14H2,3-4H3,(H,25,27,29)/b19-11-/t17-/m1/s1. The molecule has 1 fully saturated rings. The molecule has 3 heterocycles. The van der Waals surface area contributed by atoms with Gasteiger partial charge in [0, 0.05) is 42.8 Å². The Balaban J connectivity index is 1.44. The van der Waals surface area contributed by atoms with Crippen molar-refractivity contribution >= 4 is 45.4 Å². The van der Waals surface area contributed by atoms with Crippen molar-refractivity contribution in [3.05, 3.63) is 65.2 Å². The van der Waals surface area contributed by atoms with Crippen molar-refractivity contribution in [1.29, 1.82) is 0 Å². The molecule has 7 heteroatoms. The quantitative estimate of drug-likeness (QED) is 0.589. The van der Waals surface area contributed by atoms with Gasteiger partial charge in [-0.25, -0.2) is 4.98 Å². The molecule has 2 N–H and O–H groups in total. The lowest BCUT2D eigenvalue weighted by Gasteiger charge is -2.28. The number of anilines is 2. The summed E-state index contributed by atoms with van der Waals surface area (Å²) in [6.07, 6.45) is 5.79. The maximum absolute atomic E-state index is 11.2. The van der Waals surface area contributed by atoms with Crippen LogP contribution in [0.5, 0.6) is 0 Å². The van der Waals surface area contributed by atoms with E-state index < -0.39 is 0 Å². The zero-order chi connectivity index (χ0) is 22.0. The van der Waals surface area contributed by atoms with Crippen molar-refractivity contribution in [3.63, 3.8) is 0 Å². The molecule has 0 unspecified atom stereocenters. The first kappa shape index (κ1) is 21.9. The van der Waals surface area contributed by atoms with Crippen LogP contribution < -0.4 is 10.6 Å². The third-order valence-corrected chi connectivity index (χ3v) is 7.74. The molecule has 0 bridgehead atoms. The molecule has 1 aromatic carbocycles. The molecule has 0 aliphatic carbocycles. The summed E-state index contributed by atoms with van der Waals surface area (Å²) in [5.74, 6) is 0.843. The monoisotopic (exact) mass is 452 g/mol. The predicted molar refractivity (Wildman–Crippen MR) is 133 cm³/mol.